The molecule has 3 N–H and O–H groups in total. The molecule has 0 bridgehead atoms. The summed E-state index contributed by atoms with van der Waals surface area (Å²) in [6, 6.07) is 1.62. The van der Waals surface area contributed by atoms with Crippen LogP contribution in [0.3, 0.4) is 0 Å². The monoisotopic (exact) mass is 238 g/mol. The van der Waals surface area contributed by atoms with Gasteiger partial charge >= 0.3 is 12.1 Å². The van der Waals surface area contributed by atoms with Gasteiger partial charge in [0.15, 0.2) is 0 Å². The minimum absolute atomic E-state index is 0.0101. The Morgan fingerprint density at radius 1 is 1.59 bits per heavy atom. The molecule has 1 unspecified atom stereocenters. The summed E-state index contributed by atoms with van der Waals surface area (Å²) in [6.45, 7) is 1.14. The summed E-state index contributed by atoms with van der Waals surface area (Å²) >= 11 is 0. The molecule has 7 heteroatoms. The number of carbonyl (C=O) groups excluding carboxylic acids is 1. The Hall–Kier alpha value is -1.73. The van der Waals surface area contributed by atoms with Crippen LogP contribution in [0.25, 0.3) is 0 Å². The van der Waals surface area contributed by atoms with E-state index in [4.69, 9.17) is 4.74 Å². The van der Waals surface area contributed by atoms with E-state index in [0.717, 1.165) is 6.54 Å². The highest BCUT2D eigenvalue weighted by molar-refractivity contribution is 5.70. The molecule has 2 rings (SSSR count). The second-order valence-electron chi connectivity index (χ2n) is 3.91. The second kappa shape index (κ2) is 5.07. The van der Waals surface area contributed by atoms with Gasteiger partial charge < -0.3 is 20.5 Å². The fourth-order valence-electron chi connectivity index (χ4n) is 1.69. The van der Waals surface area contributed by atoms with Crippen molar-refractivity contribution in [2.24, 2.45) is 0 Å². The molecule has 7 nitrogen and oxygen atoms in total. The largest absolute Gasteiger partial charge is 0.415 e. The van der Waals surface area contributed by atoms with E-state index >= 15 is 0 Å². The fraction of sp³-hybridized carbons (Fsp3) is 0.500. The molecule has 2 heterocycles. The van der Waals surface area contributed by atoms with Crippen LogP contribution in [0.15, 0.2) is 18.5 Å². The van der Waals surface area contributed by atoms with Crippen molar-refractivity contribution in [3.05, 3.63) is 18.5 Å². The first-order valence-electron chi connectivity index (χ1n) is 5.33. The van der Waals surface area contributed by atoms with Gasteiger partial charge in [-0.05, 0) is 19.0 Å². The molecule has 1 fully saturated rings. The highest BCUT2D eigenvalue weighted by atomic mass is 16.6. The number of hydrogen-bond acceptors (Lipinski definition) is 6. The van der Waals surface area contributed by atoms with Gasteiger partial charge in [-0.2, -0.15) is 0 Å². The Morgan fingerprint density at radius 3 is 2.94 bits per heavy atom. The average molecular weight is 238 g/mol. The first kappa shape index (κ1) is 11.7. The third-order valence-electron chi connectivity index (χ3n) is 2.64. The minimum atomic E-state index is -0.658. The molecule has 1 atom stereocenters. The van der Waals surface area contributed by atoms with Gasteiger partial charge in [0.25, 0.3) is 0 Å². The van der Waals surface area contributed by atoms with Crippen molar-refractivity contribution in [3.8, 4) is 6.01 Å². The highest BCUT2D eigenvalue weighted by Gasteiger charge is 2.35. The number of carbonyl (C=O) groups is 1. The Kier molecular flexibility index (Phi) is 3.50. The van der Waals surface area contributed by atoms with Gasteiger partial charge in [-0.15, -0.1) is 0 Å². The van der Waals surface area contributed by atoms with Crippen molar-refractivity contribution >= 4 is 6.09 Å². The van der Waals surface area contributed by atoms with Crippen molar-refractivity contribution < 1.29 is 14.6 Å². The van der Waals surface area contributed by atoms with Crippen LogP contribution >= 0.6 is 0 Å². The standard InChI is InChI=1S/C10H14N4O3/c15-7-10(2-5-11-6-10)14-9(16)17-8-12-3-1-4-13-8/h1,3-4,11,15H,2,5-7H2,(H,14,16). The number of rotatable bonds is 3. The van der Waals surface area contributed by atoms with Crippen molar-refractivity contribution in [2.75, 3.05) is 19.7 Å². The van der Waals surface area contributed by atoms with E-state index in [2.05, 4.69) is 20.6 Å². The van der Waals surface area contributed by atoms with E-state index in [-0.39, 0.29) is 12.6 Å². The minimum Gasteiger partial charge on any atom is -0.394 e. The normalized spacial score (nSPS) is 23.4. The molecule has 0 aromatic carbocycles. The molecular weight excluding hydrogens is 224 g/mol. The first-order valence-corrected chi connectivity index (χ1v) is 5.33. The van der Waals surface area contributed by atoms with Crippen LogP contribution in [-0.4, -0.2) is 46.4 Å². The first-order chi connectivity index (χ1) is 8.24. The molecule has 1 aliphatic rings. The predicted octanol–water partition coefficient (Wildman–Crippen LogP) is -0.711. The smallest absolute Gasteiger partial charge is 0.394 e. The summed E-state index contributed by atoms with van der Waals surface area (Å²) in [4.78, 5) is 19.1. The maximum atomic E-state index is 11.6. The quantitative estimate of drug-likeness (QED) is 0.643. The molecule has 0 aliphatic carbocycles. The number of amides is 1. The summed E-state index contributed by atoms with van der Waals surface area (Å²) in [5.74, 6) is 0. The van der Waals surface area contributed by atoms with Crippen LogP contribution in [-0.2, 0) is 0 Å². The Balaban J connectivity index is 1.93. The number of aromatic nitrogens is 2. The zero-order valence-corrected chi connectivity index (χ0v) is 9.22. The topological polar surface area (TPSA) is 96.4 Å². The summed E-state index contributed by atoms with van der Waals surface area (Å²) in [5.41, 5.74) is -0.647. The van der Waals surface area contributed by atoms with Crippen LogP contribution in [0.4, 0.5) is 4.79 Å². The van der Waals surface area contributed by atoms with Crippen molar-refractivity contribution in [3.63, 3.8) is 0 Å². The maximum absolute atomic E-state index is 11.6. The molecule has 0 spiro atoms. The predicted molar refractivity (Wildman–Crippen MR) is 58.5 cm³/mol. The number of nitrogens with zero attached hydrogens (tertiary/aromatic N) is 2. The van der Waals surface area contributed by atoms with Crippen molar-refractivity contribution in [1.29, 1.82) is 0 Å². The molecular formula is C10H14N4O3. The third kappa shape index (κ3) is 2.89. The Labute approximate surface area is 98.2 Å². The molecule has 1 aliphatic heterocycles. The van der Waals surface area contributed by atoms with Crippen molar-refractivity contribution in [1.82, 2.24) is 20.6 Å². The zero-order valence-electron chi connectivity index (χ0n) is 9.22. The number of aliphatic hydroxyl groups excluding tert-OH is 1. The summed E-state index contributed by atoms with van der Waals surface area (Å²) in [6.07, 6.45) is 2.96. The number of ether oxygens (including phenoxy) is 1. The lowest BCUT2D eigenvalue weighted by atomic mass is 10.0. The van der Waals surface area contributed by atoms with Gasteiger partial charge in [0.05, 0.1) is 12.1 Å². The molecule has 0 radical (unpaired) electrons. The summed E-state index contributed by atoms with van der Waals surface area (Å²) in [5, 5.41) is 15.0. The number of hydrogen-bond donors (Lipinski definition) is 3. The molecule has 0 saturated carbocycles. The van der Waals surface area contributed by atoms with Gasteiger partial charge in [-0.3, -0.25) is 0 Å². The van der Waals surface area contributed by atoms with E-state index in [1.54, 1.807) is 6.07 Å². The highest BCUT2D eigenvalue weighted by Crippen LogP contribution is 2.13. The molecule has 1 aromatic heterocycles. The lowest BCUT2D eigenvalue weighted by molar-refractivity contribution is 0.148. The molecule has 1 saturated heterocycles. The van der Waals surface area contributed by atoms with Crippen LogP contribution in [0.5, 0.6) is 6.01 Å². The maximum Gasteiger partial charge on any atom is 0.415 e. The van der Waals surface area contributed by atoms with E-state index in [1.807, 2.05) is 0 Å². The van der Waals surface area contributed by atoms with Crippen LogP contribution in [0.2, 0.25) is 0 Å². The summed E-state index contributed by atoms with van der Waals surface area (Å²) < 4.78 is 4.89. The Morgan fingerprint density at radius 2 is 2.35 bits per heavy atom. The van der Waals surface area contributed by atoms with E-state index < -0.39 is 11.6 Å². The third-order valence-corrected chi connectivity index (χ3v) is 2.64. The SMILES string of the molecule is O=C(NC1(CO)CCNC1)Oc1ncccn1. The number of aliphatic hydroxyl groups is 1. The molecule has 1 amide bonds. The summed E-state index contributed by atoms with van der Waals surface area (Å²) in [7, 11) is 0. The van der Waals surface area contributed by atoms with E-state index in [9.17, 15) is 9.90 Å². The van der Waals surface area contributed by atoms with Gasteiger partial charge in [-0.1, -0.05) is 0 Å². The van der Waals surface area contributed by atoms with Crippen LogP contribution in [0.1, 0.15) is 6.42 Å². The van der Waals surface area contributed by atoms with Crippen LogP contribution in [0, 0.1) is 0 Å². The molecule has 17 heavy (non-hydrogen) atoms. The number of nitrogens with one attached hydrogen (secondary N) is 2. The van der Waals surface area contributed by atoms with Gasteiger partial charge in [0, 0.05) is 18.9 Å². The lowest BCUT2D eigenvalue weighted by Gasteiger charge is -2.26. The fourth-order valence-corrected chi connectivity index (χ4v) is 1.69. The molecule has 92 valence electrons. The van der Waals surface area contributed by atoms with E-state index in [0.29, 0.717) is 13.0 Å². The van der Waals surface area contributed by atoms with E-state index in [1.165, 1.54) is 12.4 Å². The zero-order chi connectivity index (χ0) is 12.1. The van der Waals surface area contributed by atoms with Gasteiger partial charge in [0.1, 0.15) is 0 Å². The van der Waals surface area contributed by atoms with Crippen molar-refractivity contribution in [2.45, 2.75) is 12.0 Å². The van der Waals surface area contributed by atoms with Gasteiger partial charge in [-0.25, -0.2) is 14.8 Å². The molecule has 1 aromatic rings. The van der Waals surface area contributed by atoms with Crippen LogP contribution < -0.4 is 15.4 Å². The second-order valence-corrected chi connectivity index (χ2v) is 3.91. The Bertz CT molecular complexity index is 378. The van der Waals surface area contributed by atoms with Gasteiger partial charge in [0.2, 0.25) is 0 Å². The lowest BCUT2D eigenvalue weighted by Crippen LogP contribution is -2.53. The average Bonchev–Trinajstić information content (AvgIpc) is 2.79.